The maximum atomic E-state index is 10.0. The van der Waals surface area contributed by atoms with Crippen molar-refractivity contribution in [2.45, 2.75) is 13.0 Å². The van der Waals surface area contributed by atoms with Crippen molar-refractivity contribution < 1.29 is 5.11 Å². The molecule has 72 valence electrons. The Morgan fingerprint density at radius 3 is 2.93 bits per heavy atom. The average Bonchev–Trinajstić information content (AvgIpc) is 2.70. The first-order valence-electron chi connectivity index (χ1n) is 4.39. The summed E-state index contributed by atoms with van der Waals surface area (Å²) in [5, 5.41) is 14.0. The predicted octanol–water partition coefficient (Wildman–Crippen LogP) is 2.53. The van der Waals surface area contributed by atoms with Crippen LogP contribution in [0.3, 0.4) is 0 Å². The SMILES string of the molecule is Cc1cnccc1C(O)c1ccsc1. The number of aryl methyl sites for hydroxylation is 1. The van der Waals surface area contributed by atoms with Gasteiger partial charge in [-0.2, -0.15) is 11.3 Å². The number of rotatable bonds is 2. The van der Waals surface area contributed by atoms with Crippen molar-refractivity contribution in [1.82, 2.24) is 4.98 Å². The zero-order valence-corrected chi connectivity index (χ0v) is 8.66. The summed E-state index contributed by atoms with van der Waals surface area (Å²) in [5.74, 6) is 0. The van der Waals surface area contributed by atoms with Gasteiger partial charge >= 0.3 is 0 Å². The molecule has 0 aromatic carbocycles. The number of hydrogen-bond acceptors (Lipinski definition) is 3. The van der Waals surface area contributed by atoms with Gasteiger partial charge in [0.1, 0.15) is 6.10 Å². The third kappa shape index (κ3) is 1.69. The number of aliphatic hydroxyl groups is 1. The third-order valence-corrected chi connectivity index (χ3v) is 2.92. The second kappa shape index (κ2) is 3.90. The lowest BCUT2D eigenvalue weighted by Crippen LogP contribution is -2.00. The van der Waals surface area contributed by atoms with E-state index < -0.39 is 6.10 Å². The molecule has 0 saturated carbocycles. The average molecular weight is 205 g/mol. The highest BCUT2D eigenvalue weighted by molar-refractivity contribution is 7.07. The molecule has 1 N–H and O–H groups in total. The van der Waals surface area contributed by atoms with Crippen molar-refractivity contribution in [3.8, 4) is 0 Å². The molecular formula is C11H11NOS. The van der Waals surface area contributed by atoms with Crippen LogP contribution in [0.2, 0.25) is 0 Å². The number of aromatic nitrogens is 1. The molecular weight excluding hydrogens is 194 g/mol. The summed E-state index contributed by atoms with van der Waals surface area (Å²) in [6, 6.07) is 3.80. The van der Waals surface area contributed by atoms with E-state index >= 15 is 0 Å². The number of aliphatic hydroxyl groups excluding tert-OH is 1. The van der Waals surface area contributed by atoms with Crippen LogP contribution in [0.4, 0.5) is 0 Å². The van der Waals surface area contributed by atoms with Crippen LogP contribution in [0.15, 0.2) is 35.3 Å². The Kier molecular flexibility index (Phi) is 2.61. The van der Waals surface area contributed by atoms with E-state index in [1.165, 1.54) is 0 Å². The topological polar surface area (TPSA) is 33.1 Å². The molecule has 1 unspecified atom stereocenters. The molecule has 0 radical (unpaired) electrons. The van der Waals surface area contributed by atoms with Crippen molar-refractivity contribution in [3.05, 3.63) is 52.0 Å². The molecule has 3 heteroatoms. The minimum absolute atomic E-state index is 0.524. The summed E-state index contributed by atoms with van der Waals surface area (Å²) < 4.78 is 0. The van der Waals surface area contributed by atoms with Gasteiger partial charge in [0, 0.05) is 12.4 Å². The number of pyridine rings is 1. The zero-order chi connectivity index (χ0) is 9.97. The van der Waals surface area contributed by atoms with Gasteiger partial charge in [-0.25, -0.2) is 0 Å². The summed E-state index contributed by atoms with van der Waals surface area (Å²) in [6.07, 6.45) is 2.95. The molecule has 1 atom stereocenters. The van der Waals surface area contributed by atoms with E-state index in [4.69, 9.17) is 0 Å². The van der Waals surface area contributed by atoms with Gasteiger partial charge in [-0.05, 0) is 46.5 Å². The highest BCUT2D eigenvalue weighted by Crippen LogP contribution is 2.25. The summed E-state index contributed by atoms with van der Waals surface area (Å²) in [7, 11) is 0. The Bertz CT molecular complexity index is 411. The second-order valence-electron chi connectivity index (χ2n) is 3.19. The molecule has 0 spiro atoms. The first-order chi connectivity index (χ1) is 6.79. The fraction of sp³-hybridized carbons (Fsp3) is 0.182. The van der Waals surface area contributed by atoms with Gasteiger partial charge in [-0.15, -0.1) is 0 Å². The van der Waals surface area contributed by atoms with Crippen molar-refractivity contribution in [1.29, 1.82) is 0 Å². The fourth-order valence-electron chi connectivity index (χ4n) is 1.40. The Labute approximate surface area is 86.9 Å². The van der Waals surface area contributed by atoms with Crippen LogP contribution in [0.5, 0.6) is 0 Å². The van der Waals surface area contributed by atoms with Crippen LogP contribution >= 0.6 is 11.3 Å². The number of thiophene rings is 1. The Morgan fingerprint density at radius 1 is 1.43 bits per heavy atom. The molecule has 2 heterocycles. The predicted molar refractivity (Wildman–Crippen MR) is 57.4 cm³/mol. The molecule has 0 amide bonds. The number of hydrogen-bond donors (Lipinski definition) is 1. The largest absolute Gasteiger partial charge is 0.384 e. The Morgan fingerprint density at radius 2 is 2.29 bits per heavy atom. The lowest BCUT2D eigenvalue weighted by atomic mass is 10.0. The van der Waals surface area contributed by atoms with Crippen molar-refractivity contribution in [2.75, 3.05) is 0 Å². The molecule has 0 aliphatic heterocycles. The van der Waals surface area contributed by atoms with Gasteiger partial charge in [0.25, 0.3) is 0 Å². The van der Waals surface area contributed by atoms with Crippen LogP contribution in [0, 0.1) is 6.92 Å². The monoisotopic (exact) mass is 205 g/mol. The van der Waals surface area contributed by atoms with E-state index in [9.17, 15) is 5.11 Å². The molecule has 2 rings (SSSR count). The van der Waals surface area contributed by atoms with E-state index in [0.717, 1.165) is 16.7 Å². The molecule has 0 aliphatic carbocycles. The zero-order valence-electron chi connectivity index (χ0n) is 7.84. The van der Waals surface area contributed by atoms with Gasteiger partial charge in [0.05, 0.1) is 0 Å². The molecule has 2 aromatic heterocycles. The maximum Gasteiger partial charge on any atom is 0.105 e. The third-order valence-electron chi connectivity index (χ3n) is 2.22. The minimum Gasteiger partial charge on any atom is -0.384 e. The van der Waals surface area contributed by atoms with Crippen LogP contribution in [0.1, 0.15) is 22.8 Å². The molecule has 14 heavy (non-hydrogen) atoms. The number of nitrogens with zero attached hydrogens (tertiary/aromatic N) is 1. The quantitative estimate of drug-likeness (QED) is 0.817. The lowest BCUT2D eigenvalue weighted by molar-refractivity contribution is 0.220. The minimum atomic E-state index is -0.524. The molecule has 2 aromatic rings. The van der Waals surface area contributed by atoms with Crippen molar-refractivity contribution in [2.24, 2.45) is 0 Å². The molecule has 0 fully saturated rings. The first-order valence-corrected chi connectivity index (χ1v) is 5.34. The summed E-state index contributed by atoms with van der Waals surface area (Å²) in [4.78, 5) is 4.00. The lowest BCUT2D eigenvalue weighted by Gasteiger charge is -2.11. The Balaban J connectivity index is 2.37. The fourth-order valence-corrected chi connectivity index (χ4v) is 2.08. The highest BCUT2D eigenvalue weighted by Gasteiger charge is 2.12. The molecule has 0 aliphatic rings. The van der Waals surface area contributed by atoms with Gasteiger partial charge in [-0.3, -0.25) is 4.98 Å². The van der Waals surface area contributed by atoms with Gasteiger partial charge < -0.3 is 5.11 Å². The van der Waals surface area contributed by atoms with E-state index in [0.29, 0.717) is 0 Å². The van der Waals surface area contributed by atoms with Crippen LogP contribution < -0.4 is 0 Å². The van der Waals surface area contributed by atoms with Crippen LogP contribution in [-0.2, 0) is 0 Å². The Hall–Kier alpha value is -1.19. The van der Waals surface area contributed by atoms with Crippen molar-refractivity contribution in [3.63, 3.8) is 0 Å². The standard InChI is InChI=1S/C11H11NOS/c1-8-6-12-4-2-10(8)11(13)9-3-5-14-7-9/h2-7,11,13H,1H3. The van der Waals surface area contributed by atoms with E-state index in [1.807, 2.05) is 29.8 Å². The maximum absolute atomic E-state index is 10.0. The molecule has 2 nitrogen and oxygen atoms in total. The normalized spacial score (nSPS) is 12.7. The highest BCUT2D eigenvalue weighted by atomic mass is 32.1. The van der Waals surface area contributed by atoms with Crippen LogP contribution in [-0.4, -0.2) is 10.1 Å². The van der Waals surface area contributed by atoms with E-state index in [2.05, 4.69) is 4.98 Å². The van der Waals surface area contributed by atoms with Crippen molar-refractivity contribution >= 4 is 11.3 Å². The second-order valence-corrected chi connectivity index (χ2v) is 3.97. The van der Waals surface area contributed by atoms with Crippen LogP contribution in [0.25, 0.3) is 0 Å². The summed E-state index contributed by atoms with van der Waals surface area (Å²) in [5.41, 5.74) is 2.90. The van der Waals surface area contributed by atoms with E-state index in [-0.39, 0.29) is 0 Å². The summed E-state index contributed by atoms with van der Waals surface area (Å²) in [6.45, 7) is 1.96. The molecule has 0 saturated heterocycles. The first kappa shape index (κ1) is 9.37. The molecule has 0 bridgehead atoms. The van der Waals surface area contributed by atoms with Gasteiger partial charge in [0.15, 0.2) is 0 Å². The van der Waals surface area contributed by atoms with Gasteiger partial charge in [-0.1, -0.05) is 0 Å². The smallest absolute Gasteiger partial charge is 0.105 e. The van der Waals surface area contributed by atoms with E-state index in [1.54, 1.807) is 23.7 Å². The summed E-state index contributed by atoms with van der Waals surface area (Å²) >= 11 is 1.59. The van der Waals surface area contributed by atoms with Gasteiger partial charge in [0.2, 0.25) is 0 Å².